The summed E-state index contributed by atoms with van der Waals surface area (Å²) in [6.45, 7) is 7.68. The van der Waals surface area contributed by atoms with Crippen LogP contribution in [0, 0.1) is 11.7 Å². The highest BCUT2D eigenvalue weighted by Gasteiger charge is 2.30. The molecule has 1 aromatic heterocycles. The molecule has 2 aromatic carbocycles. The lowest BCUT2D eigenvalue weighted by Gasteiger charge is -2.30. The Morgan fingerprint density at radius 2 is 2.00 bits per heavy atom. The molecule has 4 rings (SSSR count). The fourth-order valence-electron chi connectivity index (χ4n) is 4.53. The van der Waals surface area contributed by atoms with E-state index in [0.29, 0.717) is 52.1 Å². The Labute approximate surface area is 235 Å². The van der Waals surface area contributed by atoms with Crippen LogP contribution in [0.5, 0.6) is 5.75 Å². The van der Waals surface area contributed by atoms with Crippen LogP contribution in [0.2, 0.25) is 0 Å². The summed E-state index contributed by atoms with van der Waals surface area (Å²) in [6, 6.07) is 8.35. The van der Waals surface area contributed by atoms with Crippen molar-refractivity contribution in [1.29, 1.82) is 0 Å². The Balaban J connectivity index is 1.65. The molecule has 3 aromatic rings. The standard InChI is InChI=1S/C28H32BrFN6O3/c1-3-26(38)33-10-4-9-32-24-14-20-23(15-25(24)39-27(17(2)37)18-7-11-31-12-8-18)34-16-35-28(20)36-22-6-5-19(29)13-21(22)30/h3,5-6,13-16,18,27,31-32H,1,4,7-12H2,2H3,(H,33,38)(H,34,35,36). The quantitative estimate of drug-likeness (QED) is 0.175. The van der Waals surface area contributed by atoms with Crippen LogP contribution < -0.4 is 26.0 Å². The van der Waals surface area contributed by atoms with E-state index in [9.17, 15) is 14.0 Å². The minimum atomic E-state index is -0.590. The van der Waals surface area contributed by atoms with Crippen molar-refractivity contribution < 1.29 is 18.7 Å². The number of hydrogen-bond donors (Lipinski definition) is 4. The van der Waals surface area contributed by atoms with Crippen molar-refractivity contribution in [3.8, 4) is 5.75 Å². The number of carbonyl (C=O) groups excluding carboxylic acids is 2. The molecule has 0 saturated carbocycles. The SMILES string of the molecule is C=CC(=O)NCCCNc1cc2c(Nc3ccc(Br)cc3F)ncnc2cc1OC(C(C)=O)C1CCNCC1. The first-order valence-corrected chi connectivity index (χ1v) is 13.7. The fraction of sp³-hybridized carbons (Fsp3) is 0.357. The van der Waals surface area contributed by atoms with E-state index in [4.69, 9.17) is 4.74 Å². The lowest BCUT2D eigenvalue weighted by Crippen LogP contribution is -2.40. The molecule has 1 atom stereocenters. The number of nitrogens with one attached hydrogen (secondary N) is 4. The van der Waals surface area contributed by atoms with Crippen LogP contribution in [0.3, 0.4) is 0 Å². The number of Topliss-reactive ketones (excluding diaryl/α,β-unsaturated/α-hetero) is 1. The molecule has 2 heterocycles. The van der Waals surface area contributed by atoms with E-state index in [-0.39, 0.29) is 23.3 Å². The van der Waals surface area contributed by atoms with Gasteiger partial charge in [0.1, 0.15) is 23.7 Å². The third kappa shape index (κ3) is 7.51. The molecule has 1 aliphatic rings. The Bertz CT molecular complexity index is 1350. The van der Waals surface area contributed by atoms with Crippen LogP contribution in [-0.4, -0.2) is 53.9 Å². The van der Waals surface area contributed by atoms with Crippen LogP contribution >= 0.6 is 15.9 Å². The summed E-state index contributed by atoms with van der Waals surface area (Å²) >= 11 is 3.27. The van der Waals surface area contributed by atoms with Gasteiger partial charge in [-0.2, -0.15) is 0 Å². The number of amides is 1. The second kappa shape index (κ2) is 13.5. The second-order valence-corrected chi connectivity index (χ2v) is 10.3. The molecular weight excluding hydrogens is 567 g/mol. The van der Waals surface area contributed by atoms with E-state index in [1.165, 1.54) is 18.5 Å². The van der Waals surface area contributed by atoms with Crippen molar-refractivity contribution in [2.75, 3.05) is 36.8 Å². The zero-order valence-electron chi connectivity index (χ0n) is 21.7. The molecule has 0 bridgehead atoms. The lowest BCUT2D eigenvalue weighted by atomic mass is 9.90. The first-order chi connectivity index (χ1) is 18.9. The number of rotatable bonds is 12. The first kappa shape index (κ1) is 28.4. The largest absolute Gasteiger partial charge is 0.480 e. The molecule has 1 saturated heterocycles. The van der Waals surface area contributed by atoms with Crippen molar-refractivity contribution in [2.45, 2.75) is 32.3 Å². The highest BCUT2D eigenvalue weighted by atomic mass is 79.9. The molecule has 1 amide bonds. The van der Waals surface area contributed by atoms with Gasteiger partial charge in [0.25, 0.3) is 0 Å². The molecule has 39 heavy (non-hydrogen) atoms. The van der Waals surface area contributed by atoms with Crippen molar-refractivity contribution >= 4 is 55.7 Å². The first-order valence-electron chi connectivity index (χ1n) is 12.9. The van der Waals surface area contributed by atoms with E-state index in [2.05, 4.69) is 53.7 Å². The highest BCUT2D eigenvalue weighted by Crippen LogP contribution is 2.36. The summed E-state index contributed by atoms with van der Waals surface area (Å²) in [4.78, 5) is 32.9. The number of hydrogen-bond acceptors (Lipinski definition) is 8. The molecule has 206 valence electrons. The molecule has 0 radical (unpaired) electrons. The van der Waals surface area contributed by atoms with E-state index in [0.717, 1.165) is 25.9 Å². The fourth-order valence-corrected chi connectivity index (χ4v) is 4.86. The number of piperidine rings is 1. The maximum atomic E-state index is 14.6. The van der Waals surface area contributed by atoms with Crippen molar-refractivity contribution in [3.05, 3.63) is 59.6 Å². The van der Waals surface area contributed by atoms with E-state index < -0.39 is 11.9 Å². The van der Waals surface area contributed by atoms with Gasteiger partial charge in [-0.05, 0) is 69.6 Å². The van der Waals surface area contributed by atoms with Crippen LogP contribution in [0.4, 0.5) is 21.6 Å². The monoisotopic (exact) mass is 598 g/mol. The van der Waals surface area contributed by atoms with Crippen molar-refractivity contribution in [2.24, 2.45) is 5.92 Å². The molecule has 11 heteroatoms. The summed E-state index contributed by atoms with van der Waals surface area (Å²) < 4.78 is 21.6. The van der Waals surface area contributed by atoms with Crippen molar-refractivity contribution in [1.82, 2.24) is 20.6 Å². The minimum absolute atomic E-state index is 0.0316. The number of aromatic nitrogens is 2. The second-order valence-electron chi connectivity index (χ2n) is 9.35. The number of anilines is 3. The number of fused-ring (bicyclic) bond motifs is 1. The van der Waals surface area contributed by atoms with E-state index in [1.807, 2.05) is 6.07 Å². The molecule has 1 aliphatic heterocycles. The number of ether oxygens (including phenoxy) is 1. The van der Waals surface area contributed by atoms with Gasteiger partial charge in [0.15, 0.2) is 11.9 Å². The van der Waals surface area contributed by atoms with E-state index >= 15 is 0 Å². The molecule has 9 nitrogen and oxygen atoms in total. The zero-order valence-corrected chi connectivity index (χ0v) is 23.3. The van der Waals surface area contributed by atoms with Gasteiger partial charge < -0.3 is 26.0 Å². The van der Waals surface area contributed by atoms with Crippen molar-refractivity contribution in [3.63, 3.8) is 0 Å². The molecule has 0 spiro atoms. The summed E-state index contributed by atoms with van der Waals surface area (Å²) in [7, 11) is 0. The van der Waals surface area contributed by atoms with Gasteiger partial charge in [-0.25, -0.2) is 14.4 Å². The summed E-state index contributed by atoms with van der Waals surface area (Å²) in [6.07, 6.45) is 4.37. The molecule has 1 fully saturated rings. The summed E-state index contributed by atoms with van der Waals surface area (Å²) in [5, 5.41) is 13.2. The third-order valence-corrected chi connectivity index (χ3v) is 7.03. The average Bonchev–Trinajstić information content (AvgIpc) is 2.93. The van der Waals surface area contributed by atoms with Gasteiger partial charge in [-0.1, -0.05) is 22.5 Å². The van der Waals surface area contributed by atoms with Gasteiger partial charge in [0, 0.05) is 34.9 Å². The van der Waals surface area contributed by atoms with Crippen LogP contribution in [0.25, 0.3) is 10.9 Å². The van der Waals surface area contributed by atoms with Gasteiger partial charge in [-0.3, -0.25) is 9.59 Å². The van der Waals surface area contributed by atoms with Gasteiger partial charge in [0.05, 0.1) is 16.9 Å². The molecule has 0 aliphatic carbocycles. The van der Waals surface area contributed by atoms with Gasteiger partial charge in [-0.15, -0.1) is 0 Å². The number of halogens is 2. The molecular formula is C28H32BrFN6O3. The third-order valence-electron chi connectivity index (χ3n) is 6.54. The van der Waals surface area contributed by atoms with E-state index in [1.54, 1.807) is 25.1 Å². The van der Waals surface area contributed by atoms with Crippen LogP contribution in [-0.2, 0) is 9.59 Å². The molecule has 4 N–H and O–H groups in total. The molecule has 1 unspecified atom stereocenters. The maximum Gasteiger partial charge on any atom is 0.243 e. The number of ketones is 1. The topological polar surface area (TPSA) is 117 Å². The minimum Gasteiger partial charge on any atom is -0.480 e. The summed E-state index contributed by atoms with van der Waals surface area (Å²) in [5.74, 6) is 0.331. The van der Waals surface area contributed by atoms with Gasteiger partial charge in [0.2, 0.25) is 5.91 Å². The predicted molar refractivity (Wildman–Crippen MR) is 154 cm³/mol. The Hall–Kier alpha value is -3.57. The smallest absolute Gasteiger partial charge is 0.243 e. The summed E-state index contributed by atoms with van der Waals surface area (Å²) in [5.41, 5.74) is 1.50. The highest BCUT2D eigenvalue weighted by molar-refractivity contribution is 9.10. The number of nitrogens with zero attached hydrogens (tertiary/aromatic N) is 2. The average molecular weight is 600 g/mol. The van der Waals surface area contributed by atoms with Crippen LogP contribution in [0.15, 0.2) is 53.8 Å². The Morgan fingerprint density at radius 1 is 1.21 bits per heavy atom. The lowest BCUT2D eigenvalue weighted by molar-refractivity contribution is -0.126. The van der Waals surface area contributed by atoms with Crippen LogP contribution in [0.1, 0.15) is 26.2 Å². The van der Waals surface area contributed by atoms with Gasteiger partial charge >= 0.3 is 0 Å². The maximum absolute atomic E-state index is 14.6. The Kier molecular flexibility index (Phi) is 9.83. The number of carbonyl (C=O) groups is 2. The normalized spacial score (nSPS) is 14.4. The Morgan fingerprint density at radius 3 is 2.72 bits per heavy atom. The predicted octanol–water partition coefficient (Wildman–Crippen LogP) is 4.72. The zero-order chi connectivity index (χ0) is 27.8. The number of benzene rings is 2.